The van der Waals surface area contributed by atoms with Crippen molar-refractivity contribution in [3.63, 3.8) is 0 Å². The fourth-order valence-electron chi connectivity index (χ4n) is 1.87. The minimum Gasteiger partial charge on any atom is -0.285 e. The zero-order valence-electron chi connectivity index (χ0n) is 10.3. The second-order valence-corrected chi connectivity index (χ2v) is 5.13. The smallest absolute Gasteiger partial charge is 0.233 e. The van der Waals surface area contributed by atoms with Crippen molar-refractivity contribution in [2.24, 2.45) is 0 Å². The van der Waals surface area contributed by atoms with Gasteiger partial charge in [0.25, 0.3) is 0 Å². The second kappa shape index (κ2) is 5.53. The van der Waals surface area contributed by atoms with E-state index in [-0.39, 0.29) is 5.43 Å². The Balaban J connectivity index is 2.15. The van der Waals surface area contributed by atoms with Crippen molar-refractivity contribution in [1.29, 1.82) is 0 Å². The van der Waals surface area contributed by atoms with Gasteiger partial charge in [0, 0.05) is 16.1 Å². The summed E-state index contributed by atoms with van der Waals surface area (Å²) in [6.07, 6.45) is 0. The van der Waals surface area contributed by atoms with Gasteiger partial charge in [0.15, 0.2) is 0 Å². The van der Waals surface area contributed by atoms with Gasteiger partial charge in [-0.3, -0.25) is 4.79 Å². The summed E-state index contributed by atoms with van der Waals surface area (Å²) in [5.74, 6) is 0. The summed E-state index contributed by atoms with van der Waals surface area (Å²) in [4.78, 5) is 12.5. The molecular formula is C15H9ClN2OS. The van der Waals surface area contributed by atoms with Gasteiger partial charge in [-0.1, -0.05) is 54.1 Å². The molecule has 0 fully saturated rings. The number of hydrogen-bond acceptors (Lipinski definition) is 4. The van der Waals surface area contributed by atoms with Gasteiger partial charge < -0.3 is 0 Å². The molecule has 3 aromatic rings. The third-order valence-corrected chi connectivity index (χ3v) is 3.64. The van der Waals surface area contributed by atoms with Crippen molar-refractivity contribution in [3.05, 3.63) is 69.8 Å². The number of nitrogens with zero attached hydrogens (tertiary/aromatic N) is 2. The van der Waals surface area contributed by atoms with Gasteiger partial charge in [-0.15, -0.1) is 0 Å². The van der Waals surface area contributed by atoms with E-state index < -0.39 is 0 Å². The summed E-state index contributed by atoms with van der Waals surface area (Å²) in [6, 6.07) is 16.4. The second-order valence-electron chi connectivity index (χ2n) is 4.16. The fraction of sp³-hybridized carbons (Fsp3) is 0. The first-order chi connectivity index (χ1) is 9.75. The first kappa shape index (κ1) is 13.0. The molecule has 1 aromatic heterocycles. The Morgan fingerprint density at radius 3 is 1.95 bits per heavy atom. The van der Waals surface area contributed by atoms with E-state index in [9.17, 15) is 4.79 Å². The average molecular weight is 301 g/mol. The van der Waals surface area contributed by atoms with Gasteiger partial charge in [0.2, 0.25) is 5.43 Å². The zero-order valence-corrected chi connectivity index (χ0v) is 11.9. The van der Waals surface area contributed by atoms with Gasteiger partial charge in [-0.05, 0) is 12.1 Å². The summed E-state index contributed by atoms with van der Waals surface area (Å²) >= 11 is 6.89. The van der Waals surface area contributed by atoms with Gasteiger partial charge in [-0.2, -0.15) is 8.75 Å². The van der Waals surface area contributed by atoms with Crippen molar-refractivity contribution >= 4 is 23.3 Å². The van der Waals surface area contributed by atoms with Crippen LogP contribution in [0.3, 0.4) is 0 Å². The zero-order chi connectivity index (χ0) is 13.9. The lowest BCUT2D eigenvalue weighted by Gasteiger charge is -2.02. The van der Waals surface area contributed by atoms with E-state index in [1.165, 1.54) is 0 Å². The van der Waals surface area contributed by atoms with Crippen LogP contribution < -0.4 is 5.43 Å². The van der Waals surface area contributed by atoms with Crippen LogP contribution in [0.2, 0.25) is 5.02 Å². The average Bonchev–Trinajstić information content (AvgIpc) is 2.49. The highest BCUT2D eigenvalue weighted by Gasteiger charge is 2.12. The summed E-state index contributed by atoms with van der Waals surface area (Å²) in [5.41, 5.74) is 2.20. The first-order valence-corrected chi connectivity index (χ1v) is 7.05. The van der Waals surface area contributed by atoms with Crippen molar-refractivity contribution in [2.45, 2.75) is 0 Å². The number of halogens is 1. The fourth-order valence-corrected chi connectivity index (χ4v) is 2.58. The van der Waals surface area contributed by atoms with Crippen LogP contribution >= 0.6 is 23.3 Å². The number of rotatable bonds is 2. The molecule has 0 bridgehead atoms. The third-order valence-electron chi connectivity index (χ3n) is 2.86. The predicted octanol–water partition coefficient (Wildman–Crippen LogP) is 3.89. The molecule has 1 heterocycles. The van der Waals surface area contributed by atoms with Crippen LogP contribution in [0, 0.1) is 0 Å². The highest BCUT2D eigenvalue weighted by Crippen LogP contribution is 2.20. The molecule has 0 amide bonds. The van der Waals surface area contributed by atoms with Gasteiger partial charge >= 0.3 is 0 Å². The van der Waals surface area contributed by atoms with Crippen molar-refractivity contribution < 1.29 is 0 Å². The summed E-state index contributed by atoms with van der Waals surface area (Å²) in [5, 5.41) is 0.627. The Hall–Kier alpha value is -2.04. The SMILES string of the molecule is O=c1c(-c2ccccc2)nsnc1-c1ccc(Cl)cc1. The van der Waals surface area contributed by atoms with Crippen LogP contribution in [-0.4, -0.2) is 8.75 Å². The largest absolute Gasteiger partial charge is 0.285 e. The maximum Gasteiger partial charge on any atom is 0.233 e. The lowest BCUT2D eigenvalue weighted by molar-refractivity contribution is 1.34. The quantitative estimate of drug-likeness (QED) is 0.721. The van der Waals surface area contributed by atoms with E-state index in [1.807, 2.05) is 30.3 Å². The summed E-state index contributed by atoms with van der Waals surface area (Å²) in [6.45, 7) is 0. The lowest BCUT2D eigenvalue weighted by atomic mass is 10.1. The molecule has 20 heavy (non-hydrogen) atoms. The van der Waals surface area contributed by atoms with Crippen LogP contribution in [0.15, 0.2) is 59.4 Å². The number of aromatic nitrogens is 2. The molecule has 3 nitrogen and oxygen atoms in total. The molecule has 0 aliphatic heterocycles. The predicted molar refractivity (Wildman–Crippen MR) is 82.1 cm³/mol. The standard InChI is InChI=1S/C15H9ClN2OS/c16-12-8-6-11(7-9-12)14-15(19)13(17-20-18-14)10-4-2-1-3-5-10/h1-9H. The minimum absolute atomic E-state index is 0.169. The molecule has 0 spiro atoms. The van der Waals surface area contributed by atoms with E-state index in [1.54, 1.807) is 24.3 Å². The molecule has 0 aliphatic rings. The summed E-state index contributed by atoms with van der Waals surface area (Å²) < 4.78 is 8.28. The van der Waals surface area contributed by atoms with E-state index in [0.29, 0.717) is 16.4 Å². The Bertz CT molecular complexity index is 785. The number of benzene rings is 2. The van der Waals surface area contributed by atoms with Crippen LogP contribution in [0.1, 0.15) is 0 Å². The van der Waals surface area contributed by atoms with E-state index >= 15 is 0 Å². The Labute approximate surface area is 124 Å². The van der Waals surface area contributed by atoms with Gasteiger partial charge in [0.05, 0.1) is 11.7 Å². The van der Waals surface area contributed by atoms with Crippen molar-refractivity contribution in [3.8, 4) is 22.5 Å². The maximum absolute atomic E-state index is 12.5. The molecule has 0 aliphatic carbocycles. The van der Waals surface area contributed by atoms with E-state index in [2.05, 4.69) is 8.75 Å². The normalized spacial score (nSPS) is 10.4. The van der Waals surface area contributed by atoms with Crippen LogP contribution in [0.5, 0.6) is 0 Å². The number of hydrogen-bond donors (Lipinski definition) is 0. The van der Waals surface area contributed by atoms with Crippen LogP contribution in [0.4, 0.5) is 0 Å². The lowest BCUT2D eigenvalue weighted by Crippen LogP contribution is -2.10. The molecule has 2 aromatic carbocycles. The molecule has 0 saturated heterocycles. The highest BCUT2D eigenvalue weighted by atomic mass is 35.5. The van der Waals surface area contributed by atoms with Crippen molar-refractivity contribution in [1.82, 2.24) is 8.75 Å². The Kier molecular flexibility index (Phi) is 3.58. The van der Waals surface area contributed by atoms with E-state index in [0.717, 1.165) is 22.9 Å². The van der Waals surface area contributed by atoms with Crippen molar-refractivity contribution in [2.75, 3.05) is 0 Å². The molecule has 98 valence electrons. The molecule has 0 saturated carbocycles. The monoisotopic (exact) mass is 300 g/mol. The van der Waals surface area contributed by atoms with Gasteiger partial charge in [0.1, 0.15) is 11.4 Å². The molecule has 3 rings (SSSR count). The summed E-state index contributed by atoms with van der Waals surface area (Å²) in [7, 11) is 0. The Morgan fingerprint density at radius 2 is 1.35 bits per heavy atom. The topological polar surface area (TPSA) is 42.9 Å². The third kappa shape index (κ3) is 2.48. The van der Waals surface area contributed by atoms with Gasteiger partial charge in [-0.25, -0.2) is 0 Å². The molecule has 0 atom stereocenters. The molecule has 5 heteroatoms. The molecule has 0 radical (unpaired) electrons. The van der Waals surface area contributed by atoms with Crippen LogP contribution in [0.25, 0.3) is 22.5 Å². The first-order valence-electron chi connectivity index (χ1n) is 5.94. The Morgan fingerprint density at radius 1 is 0.800 bits per heavy atom. The molecule has 0 N–H and O–H groups in total. The molecular weight excluding hydrogens is 292 g/mol. The van der Waals surface area contributed by atoms with E-state index in [4.69, 9.17) is 11.6 Å². The molecule has 0 unspecified atom stereocenters. The highest BCUT2D eigenvalue weighted by molar-refractivity contribution is 6.99. The van der Waals surface area contributed by atoms with Crippen LogP contribution in [-0.2, 0) is 0 Å². The minimum atomic E-state index is -0.169. The maximum atomic E-state index is 12.5.